The molecule has 1 N–H and O–H groups in total. The molecule has 7 nitrogen and oxygen atoms in total. The number of Topliss-reactive ketones (excluding diaryl/α,β-unsaturated/α-hetero) is 1. The molecule has 8 heteroatoms. The molecule has 0 spiro atoms. The molecule has 0 amide bonds. The molecular formula is C22H18ClNO6. The fourth-order valence-electron chi connectivity index (χ4n) is 3.02. The maximum absolute atomic E-state index is 12.9. The number of hydrogen-bond acceptors (Lipinski definition) is 7. The molecule has 0 radical (unpaired) electrons. The second-order valence-corrected chi connectivity index (χ2v) is 6.79. The van der Waals surface area contributed by atoms with E-state index in [9.17, 15) is 9.59 Å². The van der Waals surface area contributed by atoms with Crippen LogP contribution in [0.1, 0.15) is 12.5 Å². The smallest absolute Gasteiger partial charge is 0.347 e. The summed E-state index contributed by atoms with van der Waals surface area (Å²) < 4.78 is 21.8. The Hall–Kier alpha value is -3.45. The summed E-state index contributed by atoms with van der Waals surface area (Å²) in [6, 6.07) is 12.4. The molecule has 4 rings (SSSR count). The van der Waals surface area contributed by atoms with Gasteiger partial charge in [-0.25, -0.2) is 4.79 Å². The predicted molar refractivity (Wildman–Crippen MR) is 110 cm³/mol. The van der Waals surface area contributed by atoms with E-state index < -0.39 is 11.8 Å². The number of ether oxygens (including phenoxy) is 4. The average Bonchev–Trinajstić information content (AvgIpc) is 3.03. The molecule has 2 aromatic rings. The summed E-state index contributed by atoms with van der Waals surface area (Å²) in [6.07, 6.45) is 1.49. The minimum Gasteiger partial charge on any atom is -0.486 e. The zero-order valence-corrected chi connectivity index (χ0v) is 16.8. The van der Waals surface area contributed by atoms with Gasteiger partial charge in [-0.3, -0.25) is 4.79 Å². The number of carbonyl (C=O) groups is 2. The number of benzene rings is 2. The second kappa shape index (κ2) is 8.51. The first-order chi connectivity index (χ1) is 14.6. The molecule has 154 valence electrons. The number of carbonyl (C=O) groups excluding carboxylic acids is 2. The normalized spacial score (nSPS) is 16.5. The standard InChI is InChI=1S/C22H18ClNO6/c1-2-27-22(26)18-19(25)16(30-21(18)24-14-6-4-3-5-7-14)11-13-10-15(23)20-17(12-13)28-8-9-29-20/h3-7,10-12,24H,2,8-9H2,1H3. The van der Waals surface area contributed by atoms with Crippen molar-refractivity contribution in [2.75, 3.05) is 25.1 Å². The molecule has 2 aliphatic rings. The Labute approximate surface area is 177 Å². The van der Waals surface area contributed by atoms with Gasteiger partial charge in [-0.15, -0.1) is 0 Å². The van der Waals surface area contributed by atoms with Crippen molar-refractivity contribution in [2.24, 2.45) is 0 Å². The molecule has 0 saturated carbocycles. The molecule has 0 atom stereocenters. The summed E-state index contributed by atoms with van der Waals surface area (Å²) in [5.41, 5.74) is 1.03. The molecule has 0 unspecified atom stereocenters. The number of esters is 1. The van der Waals surface area contributed by atoms with Gasteiger partial charge in [0, 0.05) is 5.69 Å². The van der Waals surface area contributed by atoms with Gasteiger partial charge in [-0.1, -0.05) is 29.8 Å². The van der Waals surface area contributed by atoms with Crippen LogP contribution in [0.4, 0.5) is 5.69 Å². The Bertz CT molecular complexity index is 1060. The molecule has 2 aromatic carbocycles. The van der Waals surface area contributed by atoms with Gasteiger partial charge < -0.3 is 24.3 Å². The summed E-state index contributed by atoms with van der Waals surface area (Å²) in [6.45, 7) is 2.61. The van der Waals surface area contributed by atoms with Crippen LogP contribution in [0.3, 0.4) is 0 Å². The SMILES string of the molecule is CCOC(=O)C1=C(Nc2ccccc2)OC(=Cc2cc(Cl)c3c(c2)OCCO3)C1=O. The van der Waals surface area contributed by atoms with Crippen molar-refractivity contribution in [2.45, 2.75) is 6.92 Å². The monoisotopic (exact) mass is 427 g/mol. The van der Waals surface area contributed by atoms with E-state index in [1.54, 1.807) is 31.2 Å². The number of rotatable bonds is 5. The third-order valence-corrected chi connectivity index (χ3v) is 4.60. The number of ketones is 1. The van der Waals surface area contributed by atoms with E-state index in [2.05, 4.69) is 5.32 Å². The highest BCUT2D eigenvalue weighted by atomic mass is 35.5. The second-order valence-electron chi connectivity index (χ2n) is 6.38. The van der Waals surface area contributed by atoms with Gasteiger partial charge >= 0.3 is 5.97 Å². The average molecular weight is 428 g/mol. The lowest BCUT2D eigenvalue weighted by molar-refractivity contribution is -0.139. The maximum Gasteiger partial charge on any atom is 0.347 e. The van der Waals surface area contributed by atoms with Crippen LogP contribution in [0.5, 0.6) is 11.5 Å². The summed E-state index contributed by atoms with van der Waals surface area (Å²) in [4.78, 5) is 25.3. The summed E-state index contributed by atoms with van der Waals surface area (Å²) in [7, 11) is 0. The van der Waals surface area contributed by atoms with Gasteiger partial charge in [-0.2, -0.15) is 0 Å². The van der Waals surface area contributed by atoms with E-state index in [4.69, 9.17) is 30.5 Å². The minimum absolute atomic E-state index is 0.0135. The van der Waals surface area contributed by atoms with Gasteiger partial charge in [-0.05, 0) is 42.8 Å². The highest BCUT2D eigenvalue weighted by molar-refractivity contribution is 6.32. The molecular weight excluding hydrogens is 410 g/mol. The van der Waals surface area contributed by atoms with Crippen LogP contribution in [0, 0.1) is 0 Å². The van der Waals surface area contributed by atoms with E-state index in [1.165, 1.54) is 6.08 Å². The van der Waals surface area contributed by atoms with E-state index in [1.807, 2.05) is 18.2 Å². The van der Waals surface area contributed by atoms with Crippen LogP contribution >= 0.6 is 11.6 Å². The van der Waals surface area contributed by atoms with Gasteiger partial charge in [0.1, 0.15) is 13.2 Å². The first-order valence-corrected chi connectivity index (χ1v) is 9.71. The largest absolute Gasteiger partial charge is 0.486 e. The molecule has 0 aliphatic carbocycles. The van der Waals surface area contributed by atoms with E-state index in [0.29, 0.717) is 41.0 Å². The third kappa shape index (κ3) is 3.97. The van der Waals surface area contributed by atoms with Gasteiger partial charge in [0.25, 0.3) is 0 Å². The molecule has 0 aromatic heterocycles. The van der Waals surface area contributed by atoms with Crippen LogP contribution in [0.2, 0.25) is 5.02 Å². The predicted octanol–water partition coefficient (Wildman–Crippen LogP) is 3.94. The van der Waals surface area contributed by atoms with Crippen LogP contribution in [-0.4, -0.2) is 31.6 Å². The lowest BCUT2D eigenvalue weighted by Gasteiger charge is -2.19. The third-order valence-electron chi connectivity index (χ3n) is 4.32. The van der Waals surface area contributed by atoms with Crippen molar-refractivity contribution in [3.05, 3.63) is 70.3 Å². The highest BCUT2D eigenvalue weighted by Gasteiger charge is 2.37. The van der Waals surface area contributed by atoms with Gasteiger partial charge in [0.05, 0.1) is 11.6 Å². The van der Waals surface area contributed by atoms with Gasteiger partial charge in [0.15, 0.2) is 22.8 Å². The Morgan fingerprint density at radius 1 is 1.20 bits per heavy atom. The zero-order chi connectivity index (χ0) is 21.1. The van der Waals surface area contributed by atoms with E-state index in [0.717, 1.165) is 0 Å². The number of nitrogens with one attached hydrogen (secondary N) is 1. The van der Waals surface area contributed by atoms with Crippen molar-refractivity contribution in [3.8, 4) is 11.5 Å². The molecule has 0 bridgehead atoms. The fourth-order valence-corrected chi connectivity index (χ4v) is 3.30. The quantitative estimate of drug-likeness (QED) is 0.439. The first-order valence-electron chi connectivity index (χ1n) is 9.33. The molecule has 0 fully saturated rings. The van der Waals surface area contributed by atoms with Gasteiger partial charge in [0.2, 0.25) is 11.7 Å². The summed E-state index contributed by atoms with van der Waals surface area (Å²) in [5.74, 6) is -0.432. The van der Waals surface area contributed by atoms with Crippen LogP contribution in [0.15, 0.2) is 59.7 Å². The molecule has 30 heavy (non-hydrogen) atoms. The number of halogens is 1. The lowest BCUT2D eigenvalue weighted by atomic mass is 10.1. The van der Waals surface area contributed by atoms with Crippen molar-refractivity contribution >= 4 is 35.1 Å². The maximum atomic E-state index is 12.9. The summed E-state index contributed by atoms with van der Waals surface area (Å²) >= 11 is 6.27. The Balaban J connectivity index is 1.67. The fraction of sp³-hybridized carbons (Fsp3) is 0.182. The van der Waals surface area contributed by atoms with E-state index in [-0.39, 0.29) is 23.8 Å². The first kappa shape index (κ1) is 19.8. The minimum atomic E-state index is -0.760. The Morgan fingerprint density at radius 2 is 1.97 bits per heavy atom. The van der Waals surface area contributed by atoms with Crippen LogP contribution in [0.25, 0.3) is 6.08 Å². The van der Waals surface area contributed by atoms with E-state index >= 15 is 0 Å². The molecule has 2 aliphatic heterocycles. The zero-order valence-electron chi connectivity index (χ0n) is 16.1. The number of allylic oxidation sites excluding steroid dienone is 1. The molecule has 2 heterocycles. The summed E-state index contributed by atoms with van der Waals surface area (Å²) in [5, 5.41) is 3.31. The van der Waals surface area contributed by atoms with Crippen molar-refractivity contribution in [1.29, 1.82) is 0 Å². The Morgan fingerprint density at radius 3 is 2.73 bits per heavy atom. The highest BCUT2D eigenvalue weighted by Crippen LogP contribution is 2.39. The lowest BCUT2D eigenvalue weighted by Crippen LogP contribution is -2.16. The number of fused-ring (bicyclic) bond motifs is 1. The van der Waals surface area contributed by atoms with Crippen molar-refractivity contribution in [3.63, 3.8) is 0 Å². The number of hydrogen-bond donors (Lipinski definition) is 1. The molecule has 0 saturated heterocycles. The number of para-hydroxylation sites is 1. The van der Waals surface area contributed by atoms with Crippen LogP contribution in [-0.2, 0) is 19.1 Å². The van der Waals surface area contributed by atoms with Crippen molar-refractivity contribution in [1.82, 2.24) is 0 Å². The number of anilines is 1. The van der Waals surface area contributed by atoms with Crippen LogP contribution < -0.4 is 14.8 Å². The topological polar surface area (TPSA) is 83.1 Å². The Kier molecular flexibility index (Phi) is 5.63. The van der Waals surface area contributed by atoms with Crippen molar-refractivity contribution < 1.29 is 28.5 Å².